The van der Waals surface area contributed by atoms with Gasteiger partial charge in [-0.3, -0.25) is 19.3 Å². The Morgan fingerprint density at radius 3 is 2.51 bits per heavy atom. The van der Waals surface area contributed by atoms with Crippen LogP contribution in [0.15, 0.2) is 63.6 Å². The van der Waals surface area contributed by atoms with E-state index in [9.17, 15) is 29.7 Å². The molecule has 2 aliphatic rings. The summed E-state index contributed by atoms with van der Waals surface area (Å²) >= 11 is 0. The van der Waals surface area contributed by atoms with Gasteiger partial charge in [-0.2, -0.15) is 0 Å². The Kier molecular flexibility index (Phi) is 11.3. The summed E-state index contributed by atoms with van der Waals surface area (Å²) in [4.78, 5) is 39.1. The maximum atomic E-state index is 13.6. The van der Waals surface area contributed by atoms with Gasteiger partial charge >= 0.3 is 5.97 Å². The van der Waals surface area contributed by atoms with Crippen molar-refractivity contribution in [2.75, 3.05) is 19.8 Å². The first-order valence-electron chi connectivity index (χ1n) is 14.9. The molecule has 43 heavy (non-hydrogen) atoms. The second kappa shape index (κ2) is 15.1. The van der Waals surface area contributed by atoms with Crippen LogP contribution < -0.4 is 4.74 Å². The summed E-state index contributed by atoms with van der Waals surface area (Å²) in [7, 11) is 0. The molecule has 0 saturated carbocycles. The molecule has 10 heteroatoms. The number of benzene rings is 1. The monoisotopic (exact) mass is 595 g/mol. The van der Waals surface area contributed by atoms with Crippen LogP contribution in [0.4, 0.5) is 0 Å². The van der Waals surface area contributed by atoms with Gasteiger partial charge < -0.3 is 29.6 Å². The number of aliphatic carboxylic acids is 1. The lowest BCUT2D eigenvalue weighted by atomic mass is 9.68. The summed E-state index contributed by atoms with van der Waals surface area (Å²) in [6, 6.07) is 12.6. The minimum atomic E-state index is -0.978. The zero-order valence-corrected chi connectivity index (χ0v) is 24.5. The molecule has 4 rings (SSSR count). The van der Waals surface area contributed by atoms with Gasteiger partial charge in [-0.1, -0.05) is 30.2 Å². The minimum absolute atomic E-state index is 0.0372. The number of amides is 2. The summed E-state index contributed by atoms with van der Waals surface area (Å²) in [5, 5.41) is 40.2. The highest BCUT2D eigenvalue weighted by molar-refractivity contribution is 6.05. The highest BCUT2D eigenvalue weighted by Crippen LogP contribution is 2.46. The molecule has 1 aliphatic heterocycles. The van der Waals surface area contributed by atoms with Crippen LogP contribution in [0.25, 0.3) is 6.08 Å². The molecule has 2 amide bonds. The quantitative estimate of drug-likeness (QED) is 0.128. The van der Waals surface area contributed by atoms with Gasteiger partial charge in [0, 0.05) is 18.9 Å². The van der Waals surface area contributed by atoms with Gasteiger partial charge in [0.1, 0.15) is 30.5 Å². The van der Waals surface area contributed by atoms with Gasteiger partial charge in [-0.25, -0.2) is 0 Å². The highest BCUT2D eigenvalue weighted by Gasteiger charge is 2.54. The van der Waals surface area contributed by atoms with Crippen LogP contribution in [0.5, 0.6) is 5.75 Å². The average molecular weight is 596 g/mol. The molecular formula is C33H41NO9. The van der Waals surface area contributed by atoms with Crippen molar-refractivity contribution in [3.8, 4) is 5.75 Å². The van der Waals surface area contributed by atoms with E-state index in [1.54, 1.807) is 12.1 Å². The third-order valence-electron chi connectivity index (χ3n) is 8.30. The van der Waals surface area contributed by atoms with Gasteiger partial charge in [-0.15, -0.1) is 0 Å². The van der Waals surface area contributed by atoms with Crippen LogP contribution in [0.2, 0.25) is 0 Å². The van der Waals surface area contributed by atoms with Crippen LogP contribution in [-0.4, -0.2) is 69.0 Å². The normalized spacial score (nSPS) is 21.3. The van der Waals surface area contributed by atoms with Crippen LogP contribution in [0.3, 0.4) is 0 Å². The predicted molar refractivity (Wildman–Crippen MR) is 157 cm³/mol. The number of imide groups is 1. The summed E-state index contributed by atoms with van der Waals surface area (Å²) in [5.41, 5.74) is 2.20. The lowest BCUT2D eigenvalue weighted by Crippen LogP contribution is -2.40. The fourth-order valence-corrected chi connectivity index (χ4v) is 6.18. The highest BCUT2D eigenvalue weighted by atomic mass is 16.5. The number of carboxylic acids is 1. The molecule has 4 N–H and O–H groups in total. The molecule has 0 bridgehead atoms. The number of ether oxygens (including phenoxy) is 1. The Bertz CT molecular complexity index is 1330. The second-order valence-electron chi connectivity index (χ2n) is 11.3. The lowest BCUT2D eigenvalue weighted by Gasteiger charge is -2.36. The van der Waals surface area contributed by atoms with E-state index in [2.05, 4.69) is 0 Å². The van der Waals surface area contributed by atoms with Gasteiger partial charge in [0.25, 0.3) is 0 Å². The van der Waals surface area contributed by atoms with Crippen LogP contribution >= 0.6 is 0 Å². The second-order valence-corrected chi connectivity index (χ2v) is 11.3. The Labute approximate surface area is 251 Å². The number of nitrogens with zero attached hydrogens (tertiary/aromatic N) is 1. The van der Waals surface area contributed by atoms with Gasteiger partial charge in [0.2, 0.25) is 11.8 Å². The maximum absolute atomic E-state index is 13.6. The van der Waals surface area contributed by atoms with Gasteiger partial charge in [-0.05, 0) is 80.5 Å². The molecule has 1 aromatic carbocycles. The van der Waals surface area contributed by atoms with E-state index >= 15 is 0 Å². The Balaban J connectivity index is 1.53. The van der Waals surface area contributed by atoms with E-state index in [1.807, 2.05) is 43.3 Å². The number of allylic oxidation sites excluding steroid dienone is 1. The fourth-order valence-electron chi connectivity index (χ4n) is 6.18. The van der Waals surface area contributed by atoms with Crippen molar-refractivity contribution in [1.29, 1.82) is 0 Å². The largest absolute Gasteiger partial charge is 0.489 e. The molecule has 2 heterocycles. The van der Waals surface area contributed by atoms with E-state index in [0.717, 1.165) is 5.57 Å². The number of aliphatic hydroxyl groups excluding tert-OH is 3. The number of unbranched alkanes of at least 4 members (excludes halogenated alkanes) is 2. The molecule has 4 atom stereocenters. The first-order valence-corrected chi connectivity index (χ1v) is 14.9. The summed E-state index contributed by atoms with van der Waals surface area (Å²) < 4.78 is 11.6. The molecule has 0 spiro atoms. The maximum Gasteiger partial charge on any atom is 0.303 e. The van der Waals surface area contributed by atoms with Crippen molar-refractivity contribution in [2.45, 2.75) is 64.6 Å². The van der Waals surface area contributed by atoms with E-state index in [0.29, 0.717) is 60.5 Å². The van der Waals surface area contributed by atoms with Crippen molar-refractivity contribution >= 4 is 23.9 Å². The van der Waals surface area contributed by atoms with Crippen LogP contribution in [-0.2, 0) is 21.0 Å². The number of likely N-dealkylation sites (tertiary alicyclic amines) is 1. The lowest BCUT2D eigenvalue weighted by molar-refractivity contribution is -0.141. The smallest absolute Gasteiger partial charge is 0.303 e. The predicted octanol–water partition coefficient (Wildman–Crippen LogP) is 3.95. The van der Waals surface area contributed by atoms with Crippen LogP contribution in [0.1, 0.15) is 63.4 Å². The fraction of sp³-hybridized carbons (Fsp3) is 0.485. The molecule has 1 aliphatic carbocycles. The summed E-state index contributed by atoms with van der Waals surface area (Å²) in [6.45, 7) is 1.62. The molecule has 0 radical (unpaired) electrons. The van der Waals surface area contributed by atoms with Gasteiger partial charge in [0.05, 0.1) is 24.5 Å². The topological polar surface area (TPSA) is 158 Å². The number of aliphatic hydroxyl groups is 3. The summed E-state index contributed by atoms with van der Waals surface area (Å²) in [5.74, 6) is -2.02. The van der Waals surface area contributed by atoms with Crippen LogP contribution in [0, 0.1) is 17.8 Å². The molecule has 1 fully saturated rings. The number of fused-ring (bicyclic) bond motifs is 1. The van der Waals surface area contributed by atoms with E-state index in [-0.39, 0.29) is 44.4 Å². The first-order chi connectivity index (χ1) is 20.7. The average Bonchev–Trinajstić information content (AvgIpc) is 3.55. The third-order valence-corrected chi connectivity index (χ3v) is 8.30. The molecule has 232 valence electrons. The SMILES string of the molecule is C/C(=C\c1ccc(CO)o1)CC[C@@H](O)C1=C(COc2ccccc2)C[C@H]2C(=O)N(CCCCCC(=O)O)C(=O)[C@H]2[C@H]1CO. The van der Waals surface area contributed by atoms with Crippen molar-refractivity contribution in [2.24, 2.45) is 17.8 Å². The Morgan fingerprint density at radius 1 is 1.07 bits per heavy atom. The molecule has 0 unspecified atom stereocenters. The number of furan rings is 1. The Hall–Kier alpha value is -3.73. The molecule has 1 saturated heterocycles. The minimum Gasteiger partial charge on any atom is -0.489 e. The van der Waals surface area contributed by atoms with Gasteiger partial charge in [0.15, 0.2) is 0 Å². The number of para-hydroxylation sites is 1. The van der Waals surface area contributed by atoms with Crippen molar-refractivity contribution in [3.63, 3.8) is 0 Å². The number of carbonyl (C=O) groups is 3. The van der Waals surface area contributed by atoms with E-state index < -0.39 is 36.4 Å². The molecule has 1 aromatic heterocycles. The number of carboxylic acid groups (broad SMARTS) is 1. The number of hydrogen-bond acceptors (Lipinski definition) is 8. The zero-order chi connectivity index (χ0) is 30.9. The number of rotatable bonds is 16. The van der Waals surface area contributed by atoms with Crippen molar-refractivity contribution in [1.82, 2.24) is 4.90 Å². The van der Waals surface area contributed by atoms with Crippen molar-refractivity contribution in [3.05, 3.63) is 70.7 Å². The Morgan fingerprint density at radius 2 is 1.84 bits per heavy atom. The van der Waals surface area contributed by atoms with Crippen molar-refractivity contribution < 1.29 is 44.0 Å². The zero-order valence-electron chi connectivity index (χ0n) is 24.5. The van der Waals surface area contributed by atoms with E-state index in [4.69, 9.17) is 14.3 Å². The summed E-state index contributed by atoms with van der Waals surface area (Å²) in [6.07, 6.45) is 3.52. The van der Waals surface area contributed by atoms with E-state index in [1.165, 1.54) is 4.90 Å². The number of carbonyl (C=O) groups excluding carboxylic acids is 2. The first kappa shape index (κ1) is 32.2. The molecular weight excluding hydrogens is 554 g/mol. The molecule has 10 nitrogen and oxygen atoms in total. The third kappa shape index (κ3) is 8.01. The standard InChI is InChI=1S/C33H41NO9/c1-21(16-24-12-13-25(18-35)43-24)11-14-28(37)30-22(20-42-23-8-4-2-5-9-23)17-26-31(27(30)19-36)33(41)34(32(26)40)15-7-3-6-10-29(38)39/h2,4-5,8-9,12-13,16,26-28,31,35-37H,3,6-7,10-11,14-15,17-20H2,1H3,(H,38,39)/b21-16+/t26-,27+,28-,31-/m1/s1. The molecule has 2 aromatic rings. The number of hydrogen-bond donors (Lipinski definition) is 4.